The van der Waals surface area contributed by atoms with Crippen LogP contribution in [0, 0.1) is 5.82 Å². The molecule has 4 nitrogen and oxygen atoms in total. The number of imidazole rings is 1. The normalized spacial score (nSPS) is 14.5. The molecule has 0 unspecified atom stereocenters. The van der Waals surface area contributed by atoms with Gasteiger partial charge in [0.2, 0.25) is 0 Å². The number of hydrogen-bond donors (Lipinski definition) is 0. The van der Waals surface area contributed by atoms with Gasteiger partial charge in [0.1, 0.15) is 17.4 Å². The maximum Gasteiger partial charge on any atom is 0.148 e. The van der Waals surface area contributed by atoms with Crippen LogP contribution in [0.25, 0.3) is 17.1 Å². The van der Waals surface area contributed by atoms with Crippen molar-refractivity contribution in [3.05, 3.63) is 65.2 Å². The van der Waals surface area contributed by atoms with Gasteiger partial charge in [0.25, 0.3) is 0 Å². The van der Waals surface area contributed by atoms with E-state index in [4.69, 9.17) is 21.3 Å². The first-order valence-electron chi connectivity index (χ1n) is 9.54. The van der Waals surface area contributed by atoms with E-state index in [1.54, 1.807) is 13.2 Å². The number of rotatable bonds is 6. The van der Waals surface area contributed by atoms with Crippen LogP contribution < -0.4 is 4.74 Å². The van der Waals surface area contributed by atoms with E-state index in [0.717, 1.165) is 37.4 Å². The topological polar surface area (TPSA) is 30.3 Å². The Morgan fingerprint density at radius 3 is 2.57 bits per heavy atom. The Morgan fingerprint density at radius 1 is 1.11 bits per heavy atom. The number of halogens is 2. The minimum Gasteiger partial charge on any atom is -0.496 e. The van der Waals surface area contributed by atoms with E-state index in [-0.39, 0.29) is 5.82 Å². The summed E-state index contributed by atoms with van der Waals surface area (Å²) in [7, 11) is 1.58. The second kappa shape index (κ2) is 8.33. The fraction of sp³-hybridized carbons (Fsp3) is 0.318. The molecule has 1 fully saturated rings. The molecule has 3 aromatic rings. The summed E-state index contributed by atoms with van der Waals surface area (Å²) in [5.41, 5.74) is 2.53. The highest BCUT2D eigenvalue weighted by atomic mass is 35.5. The Bertz CT molecular complexity index is 949. The van der Waals surface area contributed by atoms with Crippen LogP contribution in [0.15, 0.2) is 48.7 Å². The maximum absolute atomic E-state index is 14.0. The van der Waals surface area contributed by atoms with Gasteiger partial charge in [-0.25, -0.2) is 9.37 Å². The summed E-state index contributed by atoms with van der Waals surface area (Å²) < 4.78 is 21.4. The van der Waals surface area contributed by atoms with Crippen molar-refractivity contribution >= 4 is 11.6 Å². The lowest BCUT2D eigenvalue weighted by atomic mass is 10.1. The molecule has 1 aliphatic heterocycles. The lowest BCUT2D eigenvalue weighted by Crippen LogP contribution is -2.22. The third-order valence-electron chi connectivity index (χ3n) is 5.15. The molecule has 0 bridgehead atoms. The minimum atomic E-state index is -0.319. The van der Waals surface area contributed by atoms with Gasteiger partial charge in [-0.15, -0.1) is 0 Å². The van der Waals surface area contributed by atoms with Crippen LogP contribution >= 0.6 is 11.6 Å². The third kappa shape index (κ3) is 4.05. The first-order chi connectivity index (χ1) is 13.6. The number of ether oxygens (including phenoxy) is 1. The molecule has 0 N–H and O–H groups in total. The number of aromatic nitrogens is 2. The number of likely N-dealkylation sites (tertiary alicyclic amines) is 1. The highest BCUT2D eigenvalue weighted by Crippen LogP contribution is 2.32. The molecule has 4 rings (SSSR count). The average Bonchev–Trinajstić information content (AvgIpc) is 3.37. The number of nitrogens with zero attached hydrogens (tertiary/aromatic N) is 3. The second-order valence-electron chi connectivity index (χ2n) is 7.05. The molecule has 2 heterocycles. The first kappa shape index (κ1) is 19.0. The van der Waals surface area contributed by atoms with Gasteiger partial charge in [-0.05, 0) is 68.4 Å². The quantitative estimate of drug-likeness (QED) is 0.585. The molecule has 28 heavy (non-hydrogen) atoms. The fourth-order valence-electron chi connectivity index (χ4n) is 3.67. The maximum atomic E-state index is 14.0. The number of methoxy groups -OCH3 is 1. The molecule has 0 aliphatic carbocycles. The van der Waals surface area contributed by atoms with Crippen LogP contribution in [-0.2, 0) is 6.42 Å². The van der Waals surface area contributed by atoms with Crippen LogP contribution in [0.2, 0.25) is 5.02 Å². The molecule has 0 saturated carbocycles. The Morgan fingerprint density at radius 2 is 1.86 bits per heavy atom. The van der Waals surface area contributed by atoms with E-state index in [1.165, 1.54) is 25.0 Å². The Labute approximate surface area is 169 Å². The molecule has 1 aromatic heterocycles. The van der Waals surface area contributed by atoms with E-state index in [9.17, 15) is 4.39 Å². The van der Waals surface area contributed by atoms with Gasteiger partial charge in [0.05, 0.1) is 18.4 Å². The lowest BCUT2D eigenvalue weighted by molar-refractivity contribution is 0.342. The van der Waals surface area contributed by atoms with Crippen molar-refractivity contribution in [1.82, 2.24) is 14.5 Å². The van der Waals surface area contributed by atoms with Crippen LogP contribution in [-0.4, -0.2) is 41.2 Å². The molecule has 0 spiro atoms. The van der Waals surface area contributed by atoms with E-state index >= 15 is 0 Å². The van der Waals surface area contributed by atoms with Crippen LogP contribution in [0.3, 0.4) is 0 Å². The van der Waals surface area contributed by atoms with Gasteiger partial charge >= 0.3 is 0 Å². The summed E-state index contributed by atoms with van der Waals surface area (Å²) >= 11 is 6.05. The van der Waals surface area contributed by atoms with Crippen molar-refractivity contribution in [3.8, 4) is 22.8 Å². The van der Waals surface area contributed by atoms with E-state index < -0.39 is 0 Å². The number of benzene rings is 2. The smallest absolute Gasteiger partial charge is 0.148 e. The predicted molar refractivity (Wildman–Crippen MR) is 110 cm³/mol. The first-order valence-corrected chi connectivity index (χ1v) is 9.92. The summed E-state index contributed by atoms with van der Waals surface area (Å²) in [5, 5.41) is 0.669. The largest absolute Gasteiger partial charge is 0.496 e. The van der Waals surface area contributed by atoms with Crippen LogP contribution in [0.4, 0.5) is 4.39 Å². The van der Waals surface area contributed by atoms with Gasteiger partial charge < -0.3 is 9.64 Å². The summed E-state index contributed by atoms with van der Waals surface area (Å²) in [5.74, 6) is 0.934. The van der Waals surface area contributed by atoms with Crippen LogP contribution in [0.5, 0.6) is 5.75 Å². The monoisotopic (exact) mass is 399 g/mol. The fourth-order valence-corrected chi connectivity index (χ4v) is 3.80. The Kier molecular flexibility index (Phi) is 5.64. The Balaban J connectivity index is 1.74. The van der Waals surface area contributed by atoms with Gasteiger partial charge in [0, 0.05) is 29.9 Å². The number of hydrogen-bond acceptors (Lipinski definition) is 3. The van der Waals surface area contributed by atoms with Crippen molar-refractivity contribution < 1.29 is 9.13 Å². The molecule has 6 heteroatoms. The molecule has 1 saturated heterocycles. The lowest BCUT2D eigenvalue weighted by Gasteiger charge is -2.12. The molecule has 146 valence electrons. The van der Waals surface area contributed by atoms with Crippen LogP contribution in [0.1, 0.15) is 18.5 Å². The zero-order chi connectivity index (χ0) is 19.5. The molecule has 0 atom stereocenters. The van der Waals surface area contributed by atoms with Gasteiger partial charge in [0.15, 0.2) is 0 Å². The summed E-state index contributed by atoms with van der Waals surface area (Å²) in [6.45, 7) is 3.29. The van der Waals surface area contributed by atoms with Crippen molar-refractivity contribution in [3.63, 3.8) is 0 Å². The van der Waals surface area contributed by atoms with Gasteiger partial charge in [-0.3, -0.25) is 4.57 Å². The Hall–Kier alpha value is -2.37. The zero-order valence-electron chi connectivity index (χ0n) is 15.9. The van der Waals surface area contributed by atoms with Crippen molar-refractivity contribution in [2.75, 3.05) is 26.7 Å². The molecule has 2 aromatic carbocycles. The SMILES string of the molecule is COc1ccc(F)cc1-c1nc(CCN2CCCC2)cn1-c1ccc(Cl)cc1. The zero-order valence-corrected chi connectivity index (χ0v) is 16.6. The summed E-state index contributed by atoms with van der Waals surface area (Å²) in [4.78, 5) is 7.31. The molecular formula is C22H23ClFN3O. The predicted octanol–water partition coefficient (Wildman–Crippen LogP) is 4.98. The minimum absolute atomic E-state index is 0.319. The van der Waals surface area contributed by atoms with Gasteiger partial charge in [-0.1, -0.05) is 11.6 Å². The highest BCUT2D eigenvalue weighted by molar-refractivity contribution is 6.30. The molecule has 0 radical (unpaired) electrons. The molecule has 0 amide bonds. The highest BCUT2D eigenvalue weighted by Gasteiger charge is 2.18. The van der Waals surface area contributed by atoms with E-state index in [0.29, 0.717) is 22.2 Å². The molecular weight excluding hydrogens is 377 g/mol. The molecule has 1 aliphatic rings. The van der Waals surface area contributed by atoms with E-state index in [1.807, 2.05) is 35.0 Å². The summed E-state index contributed by atoms with van der Waals surface area (Å²) in [6, 6.07) is 12.0. The van der Waals surface area contributed by atoms with Gasteiger partial charge in [-0.2, -0.15) is 0 Å². The average molecular weight is 400 g/mol. The third-order valence-corrected chi connectivity index (χ3v) is 5.40. The van der Waals surface area contributed by atoms with E-state index in [2.05, 4.69) is 4.90 Å². The standard InChI is InChI=1S/C22H23ClFN3O/c1-28-21-9-6-17(24)14-20(21)22-25-18(10-13-26-11-2-3-12-26)15-27(22)19-7-4-16(23)5-8-19/h4-9,14-15H,2-3,10-13H2,1H3. The summed E-state index contributed by atoms with van der Waals surface area (Å²) in [6.07, 6.45) is 5.42. The van der Waals surface area contributed by atoms with Crippen molar-refractivity contribution in [2.24, 2.45) is 0 Å². The van der Waals surface area contributed by atoms with Crippen molar-refractivity contribution in [1.29, 1.82) is 0 Å². The second-order valence-corrected chi connectivity index (χ2v) is 7.48. The van der Waals surface area contributed by atoms with Crippen molar-refractivity contribution in [2.45, 2.75) is 19.3 Å².